The van der Waals surface area contributed by atoms with Gasteiger partial charge in [-0.05, 0) is 38.1 Å². The maximum absolute atomic E-state index is 5.31. The lowest BCUT2D eigenvalue weighted by atomic mass is 10.3. The van der Waals surface area contributed by atoms with Crippen LogP contribution < -0.4 is 10.2 Å². The number of hydroxylamine groups is 1. The molecule has 0 aliphatic rings. The summed E-state index contributed by atoms with van der Waals surface area (Å²) in [6.45, 7) is 5.14. The zero-order valence-electron chi connectivity index (χ0n) is 9.06. The van der Waals surface area contributed by atoms with Gasteiger partial charge in [0.05, 0.1) is 18.9 Å². The van der Waals surface area contributed by atoms with Crippen LogP contribution in [0.3, 0.4) is 0 Å². The Labute approximate surface area is 89.9 Å². The fourth-order valence-corrected chi connectivity index (χ4v) is 1.02. The molecule has 0 aliphatic carbocycles. The molecule has 1 aromatic carbocycles. The van der Waals surface area contributed by atoms with E-state index in [0.29, 0.717) is 13.2 Å². The lowest BCUT2D eigenvalue weighted by Crippen LogP contribution is -2.10. The molecule has 0 amide bonds. The van der Waals surface area contributed by atoms with Crippen molar-refractivity contribution in [3.8, 4) is 5.75 Å². The Morgan fingerprint density at radius 3 is 2.53 bits per heavy atom. The summed E-state index contributed by atoms with van der Waals surface area (Å²) in [6, 6.07) is 7.54. The van der Waals surface area contributed by atoms with E-state index in [9.17, 15) is 0 Å². The Hall–Kier alpha value is -1.55. The number of ether oxygens (including phenoxy) is 1. The Bertz CT molecular complexity index is 296. The molecule has 82 valence electrons. The third-order valence-corrected chi connectivity index (χ3v) is 1.64. The molecule has 0 atom stereocenters. The van der Waals surface area contributed by atoms with Gasteiger partial charge < -0.3 is 4.74 Å². The SMILES string of the molecule is CCONC=Nc1ccc(OCC)cc1. The molecule has 0 saturated carbocycles. The molecule has 15 heavy (non-hydrogen) atoms. The monoisotopic (exact) mass is 208 g/mol. The second-order valence-electron chi connectivity index (χ2n) is 2.74. The average molecular weight is 208 g/mol. The van der Waals surface area contributed by atoms with Crippen LogP contribution >= 0.6 is 0 Å². The van der Waals surface area contributed by atoms with Crippen LogP contribution in [0.5, 0.6) is 5.75 Å². The van der Waals surface area contributed by atoms with Crippen molar-refractivity contribution >= 4 is 12.0 Å². The Morgan fingerprint density at radius 1 is 1.20 bits per heavy atom. The third kappa shape index (κ3) is 4.46. The van der Waals surface area contributed by atoms with Crippen LogP contribution in [0.4, 0.5) is 5.69 Å². The molecular formula is C11H16N2O2. The van der Waals surface area contributed by atoms with Crippen molar-refractivity contribution in [3.63, 3.8) is 0 Å². The minimum Gasteiger partial charge on any atom is -0.494 e. The number of hydrogen-bond donors (Lipinski definition) is 1. The van der Waals surface area contributed by atoms with Crippen molar-refractivity contribution in [2.75, 3.05) is 13.2 Å². The Balaban J connectivity index is 2.45. The zero-order valence-corrected chi connectivity index (χ0v) is 9.06. The first kappa shape index (κ1) is 11.5. The van der Waals surface area contributed by atoms with Crippen LogP contribution in [-0.2, 0) is 4.84 Å². The predicted octanol–water partition coefficient (Wildman–Crippen LogP) is 2.29. The summed E-state index contributed by atoms with van der Waals surface area (Å²) >= 11 is 0. The van der Waals surface area contributed by atoms with E-state index < -0.39 is 0 Å². The van der Waals surface area contributed by atoms with E-state index in [4.69, 9.17) is 9.57 Å². The fraction of sp³-hybridized carbons (Fsp3) is 0.364. The van der Waals surface area contributed by atoms with E-state index in [2.05, 4.69) is 10.5 Å². The average Bonchev–Trinajstić information content (AvgIpc) is 2.27. The van der Waals surface area contributed by atoms with E-state index in [1.54, 1.807) is 0 Å². The lowest BCUT2D eigenvalue weighted by Gasteiger charge is -2.02. The Kier molecular flexibility index (Phi) is 5.25. The summed E-state index contributed by atoms with van der Waals surface area (Å²) in [4.78, 5) is 9.02. The highest BCUT2D eigenvalue weighted by molar-refractivity contribution is 5.60. The number of nitrogens with one attached hydrogen (secondary N) is 1. The highest BCUT2D eigenvalue weighted by Gasteiger charge is 1.91. The van der Waals surface area contributed by atoms with Gasteiger partial charge in [0.2, 0.25) is 0 Å². The van der Waals surface area contributed by atoms with Crippen LogP contribution in [0.25, 0.3) is 0 Å². The quantitative estimate of drug-likeness (QED) is 0.337. The first-order valence-electron chi connectivity index (χ1n) is 4.99. The third-order valence-electron chi connectivity index (χ3n) is 1.64. The molecule has 0 saturated heterocycles. The number of benzene rings is 1. The van der Waals surface area contributed by atoms with Gasteiger partial charge in [0.15, 0.2) is 0 Å². The van der Waals surface area contributed by atoms with Crippen molar-refractivity contribution in [1.82, 2.24) is 5.48 Å². The maximum Gasteiger partial charge on any atom is 0.119 e. The molecule has 0 fully saturated rings. The van der Waals surface area contributed by atoms with Crippen LogP contribution in [0.1, 0.15) is 13.8 Å². The van der Waals surface area contributed by atoms with E-state index >= 15 is 0 Å². The van der Waals surface area contributed by atoms with Gasteiger partial charge in [0.25, 0.3) is 0 Å². The summed E-state index contributed by atoms with van der Waals surface area (Å²) in [5.74, 6) is 0.856. The van der Waals surface area contributed by atoms with Gasteiger partial charge in [0.1, 0.15) is 12.1 Å². The smallest absolute Gasteiger partial charge is 0.119 e. The first-order valence-corrected chi connectivity index (χ1v) is 4.99. The second kappa shape index (κ2) is 6.84. The minimum absolute atomic E-state index is 0.606. The normalized spacial score (nSPS) is 10.5. The summed E-state index contributed by atoms with van der Waals surface area (Å²) in [5.41, 5.74) is 3.45. The number of aliphatic imine (C=N–C) groups is 1. The molecule has 0 heterocycles. The van der Waals surface area contributed by atoms with Gasteiger partial charge in [-0.25, -0.2) is 4.99 Å². The summed E-state index contributed by atoms with van der Waals surface area (Å²) in [5, 5.41) is 0. The lowest BCUT2D eigenvalue weighted by molar-refractivity contribution is 0.100. The Morgan fingerprint density at radius 2 is 1.93 bits per heavy atom. The molecule has 0 unspecified atom stereocenters. The van der Waals surface area contributed by atoms with E-state index in [-0.39, 0.29) is 0 Å². The second-order valence-corrected chi connectivity index (χ2v) is 2.74. The molecule has 0 spiro atoms. The van der Waals surface area contributed by atoms with Gasteiger partial charge >= 0.3 is 0 Å². The van der Waals surface area contributed by atoms with Crippen LogP contribution in [0.15, 0.2) is 29.3 Å². The van der Waals surface area contributed by atoms with Crippen LogP contribution in [0, 0.1) is 0 Å². The largest absolute Gasteiger partial charge is 0.494 e. The van der Waals surface area contributed by atoms with Crippen molar-refractivity contribution in [3.05, 3.63) is 24.3 Å². The highest BCUT2D eigenvalue weighted by atomic mass is 16.6. The van der Waals surface area contributed by atoms with Crippen molar-refractivity contribution in [1.29, 1.82) is 0 Å². The zero-order chi connectivity index (χ0) is 10.9. The van der Waals surface area contributed by atoms with Gasteiger partial charge in [-0.2, -0.15) is 0 Å². The van der Waals surface area contributed by atoms with Gasteiger partial charge in [-0.3, -0.25) is 10.3 Å². The number of nitrogens with zero attached hydrogens (tertiary/aromatic N) is 1. The maximum atomic E-state index is 5.31. The summed E-state index contributed by atoms with van der Waals surface area (Å²) in [7, 11) is 0. The van der Waals surface area contributed by atoms with Crippen LogP contribution in [0.2, 0.25) is 0 Å². The fourth-order valence-electron chi connectivity index (χ4n) is 1.02. The highest BCUT2D eigenvalue weighted by Crippen LogP contribution is 2.17. The topological polar surface area (TPSA) is 42.8 Å². The van der Waals surface area contributed by atoms with Crippen LogP contribution in [-0.4, -0.2) is 19.6 Å². The number of rotatable bonds is 6. The number of hydrogen-bond acceptors (Lipinski definition) is 3. The molecule has 4 nitrogen and oxygen atoms in total. The first-order chi connectivity index (χ1) is 7.36. The molecule has 4 heteroatoms. The van der Waals surface area contributed by atoms with E-state index in [0.717, 1.165) is 11.4 Å². The molecule has 0 bridgehead atoms. The molecule has 1 N–H and O–H groups in total. The van der Waals surface area contributed by atoms with E-state index in [1.165, 1.54) is 6.34 Å². The predicted molar refractivity (Wildman–Crippen MR) is 60.5 cm³/mol. The van der Waals surface area contributed by atoms with E-state index in [1.807, 2.05) is 38.1 Å². The molecule has 1 rings (SSSR count). The summed E-state index contributed by atoms with van der Waals surface area (Å²) < 4.78 is 5.31. The molecule has 0 aromatic heterocycles. The molecule has 0 aliphatic heterocycles. The van der Waals surface area contributed by atoms with Gasteiger partial charge in [0, 0.05) is 0 Å². The molecular weight excluding hydrogens is 192 g/mol. The molecule has 0 radical (unpaired) electrons. The van der Waals surface area contributed by atoms with Crippen molar-refractivity contribution in [2.24, 2.45) is 4.99 Å². The van der Waals surface area contributed by atoms with Gasteiger partial charge in [-0.1, -0.05) is 0 Å². The van der Waals surface area contributed by atoms with Gasteiger partial charge in [-0.15, -0.1) is 0 Å². The summed E-state index contributed by atoms with van der Waals surface area (Å²) in [6.07, 6.45) is 1.51. The minimum atomic E-state index is 0.606. The van der Waals surface area contributed by atoms with Crippen molar-refractivity contribution in [2.45, 2.75) is 13.8 Å². The standard InChI is InChI=1S/C11H16N2O2/c1-3-14-11-7-5-10(6-8-11)12-9-13-15-4-2/h5-9H,3-4H2,1-2H3,(H,12,13). The van der Waals surface area contributed by atoms with Crippen molar-refractivity contribution < 1.29 is 9.57 Å². The molecule has 1 aromatic rings.